The number of nitro groups is 1. The van der Waals surface area contributed by atoms with Gasteiger partial charge in [-0.15, -0.1) is 0 Å². The number of nitrogens with one attached hydrogen (secondary N) is 1. The van der Waals surface area contributed by atoms with E-state index in [1.807, 2.05) is 0 Å². The molecule has 3 N–H and O–H groups in total. The molecule has 0 aliphatic carbocycles. The molecule has 1 aromatic carbocycles. The molecule has 0 aromatic heterocycles. The SMILES string of the molecule is CNCC(C)Oc1cc(C(N)=O)ccc1[N+](=O)[O-]. The average molecular weight is 253 g/mol. The van der Waals surface area contributed by atoms with Crippen molar-refractivity contribution in [2.45, 2.75) is 13.0 Å². The lowest BCUT2D eigenvalue weighted by molar-refractivity contribution is -0.386. The monoisotopic (exact) mass is 253 g/mol. The Morgan fingerprint density at radius 3 is 2.78 bits per heavy atom. The number of carbonyl (C=O) groups excluding carboxylic acids is 1. The summed E-state index contributed by atoms with van der Waals surface area (Å²) in [7, 11) is 1.74. The second kappa shape index (κ2) is 5.97. The van der Waals surface area contributed by atoms with Crippen molar-refractivity contribution in [1.82, 2.24) is 5.32 Å². The Bertz CT molecular complexity index is 462. The molecule has 98 valence electrons. The van der Waals surface area contributed by atoms with Gasteiger partial charge in [-0.25, -0.2) is 0 Å². The highest BCUT2D eigenvalue weighted by Crippen LogP contribution is 2.28. The quantitative estimate of drug-likeness (QED) is 0.572. The highest BCUT2D eigenvalue weighted by Gasteiger charge is 2.19. The Hall–Kier alpha value is -2.15. The van der Waals surface area contributed by atoms with Crippen molar-refractivity contribution in [2.75, 3.05) is 13.6 Å². The van der Waals surface area contributed by atoms with E-state index in [9.17, 15) is 14.9 Å². The minimum atomic E-state index is -0.656. The van der Waals surface area contributed by atoms with Crippen molar-refractivity contribution >= 4 is 11.6 Å². The molecule has 0 heterocycles. The lowest BCUT2D eigenvalue weighted by Crippen LogP contribution is -2.26. The maximum Gasteiger partial charge on any atom is 0.310 e. The van der Waals surface area contributed by atoms with Gasteiger partial charge in [-0.05, 0) is 20.0 Å². The lowest BCUT2D eigenvalue weighted by Gasteiger charge is -2.14. The number of amides is 1. The summed E-state index contributed by atoms with van der Waals surface area (Å²) in [5.41, 5.74) is 5.10. The number of hydrogen-bond donors (Lipinski definition) is 2. The second-order valence-electron chi connectivity index (χ2n) is 3.79. The molecule has 7 nitrogen and oxygen atoms in total. The smallest absolute Gasteiger partial charge is 0.310 e. The molecule has 0 spiro atoms. The van der Waals surface area contributed by atoms with Gasteiger partial charge in [-0.3, -0.25) is 14.9 Å². The number of nitro benzene ring substituents is 1. The Balaban J connectivity index is 3.07. The summed E-state index contributed by atoms with van der Waals surface area (Å²) in [5.74, 6) is -0.616. The van der Waals surface area contributed by atoms with Crippen LogP contribution >= 0.6 is 0 Å². The number of nitrogens with zero attached hydrogens (tertiary/aromatic N) is 1. The van der Waals surface area contributed by atoms with E-state index in [-0.39, 0.29) is 23.1 Å². The maximum absolute atomic E-state index is 11.0. The van der Waals surface area contributed by atoms with Gasteiger partial charge in [-0.1, -0.05) is 0 Å². The van der Waals surface area contributed by atoms with E-state index in [0.717, 1.165) is 0 Å². The number of rotatable bonds is 6. The van der Waals surface area contributed by atoms with Crippen LogP contribution in [-0.4, -0.2) is 30.5 Å². The van der Waals surface area contributed by atoms with Gasteiger partial charge in [0.25, 0.3) is 0 Å². The fraction of sp³-hybridized carbons (Fsp3) is 0.364. The minimum absolute atomic E-state index is 0.0408. The van der Waals surface area contributed by atoms with E-state index >= 15 is 0 Å². The van der Waals surface area contributed by atoms with Gasteiger partial charge in [0.05, 0.1) is 4.92 Å². The van der Waals surface area contributed by atoms with E-state index in [1.54, 1.807) is 14.0 Å². The van der Waals surface area contributed by atoms with Crippen LogP contribution in [0.25, 0.3) is 0 Å². The zero-order chi connectivity index (χ0) is 13.7. The highest BCUT2D eigenvalue weighted by molar-refractivity contribution is 5.93. The van der Waals surface area contributed by atoms with Gasteiger partial charge in [-0.2, -0.15) is 0 Å². The standard InChI is InChI=1S/C11H15N3O4/c1-7(6-13-2)18-10-5-8(11(12)15)3-4-9(10)14(16)17/h3-5,7,13H,6H2,1-2H3,(H2,12,15). The number of ether oxygens (including phenoxy) is 1. The zero-order valence-corrected chi connectivity index (χ0v) is 10.2. The summed E-state index contributed by atoms with van der Waals surface area (Å²) in [5, 5.41) is 13.7. The molecular weight excluding hydrogens is 238 g/mol. The van der Waals surface area contributed by atoms with E-state index in [2.05, 4.69) is 5.32 Å². The molecule has 18 heavy (non-hydrogen) atoms. The first-order valence-electron chi connectivity index (χ1n) is 5.35. The Labute approximate surface area is 104 Å². The molecule has 0 radical (unpaired) electrons. The summed E-state index contributed by atoms with van der Waals surface area (Å²) >= 11 is 0. The van der Waals surface area contributed by atoms with E-state index in [0.29, 0.717) is 6.54 Å². The van der Waals surface area contributed by atoms with Gasteiger partial charge >= 0.3 is 5.69 Å². The van der Waals surface area contributed by atoms with Crippen LogP contribution in [0.2, 0.25) is 0 Å². The van der Waals surface area contributed by atoms with Crippen molar-refractivity contribution in [2.24, 2.45) is 5.73 Å². The molecule has 1 rings (SSSR count). The van der Waals surface area contributed by atoms with Crippen molar-refractivity contribution in [3.8, 4) is 5.75 Å². The summed E-state index contributed by atoms with van der Waals surface area (Å²) in [6.07, 6.45) is -0.267. The highest BCUT2D eigenvalue weighted by atomic mass is 16.6. The first-order valence-corrected chi connectivity index (χ1v) is 5.35. The topological polar surface area (TPSA) is 107 Å². The third-order valence-corrected chi connectivity index (χ3v) is 2.26. The Morgan fingerprint density at radius 2 is 2.28 bits per heavy atom. The van der Waals surface area contributed by atoms with Gasteiger partial charge < -0.3 is 15.8 Å². The van der Waals surface area contributed by atoms with Gasteiger partial charge in [0.2, 0.25) is 5.91 Å². The molecule has 0 fully saturated rings. The summed E-state index contributed by atoms with van der Waals surface area (Å²) in [4.78, 5) is 21.3. The van der Waals surface area contributed by atoms with Gasteiger partial charge in [0.1, 0.15) is 6.10 Å². The third kappa shape index (κ3) is 3.42. The number of hydrogen-bond acceptors (Lipinski definition) is 5. The zero-order valence-electron chi connectivity index (χ0n) is 10.2. The second-order valence-corrected chi connectivity index (χ2v) is 3.79. The molecule has 0 saturated heterocycles. The first kappa shape index (κ1) is 13.9. The molecule has 1 aromatic rings. The van der Waals surface area contributed by atoms with Crippen molar-refractivity contribution < 1.29 is 14.5 Å². The van der Waals surface area contributed by atoms with Crippen LogP contribution < -0.4 is 15.8 Å². The van der Waals surface area contributed by atoms with E-state index in [1.165, 1.54) is 18.2 Å². The Kier molecular flexibility index (Phi) is 4.61. The van der Waals surface area contributed by atoms with Crippen LogP contribution in [0.1, 0.15) is 17.3 Å². The summed E-state index contributed by atoms with van der Waals surface area (Å²) in [6, 6.07) is 3.80. The number of benzene rings is 1. The molecule has 7 heteroatoms. The predicted molar refractivity (Wildman–Crippen MR) is 65.6 cm³/mol. The van der Waals surface area contributed by atoms with Crippen molar-refractivity contribution in [3.63, 3.8) is 0 Å². The number of nitrogens with two attached hydrogens (primary N) is 1. The van der Waals surface area contributed by atoms with E-state index in [4.69, 9.17) is 10.5 Å². The van der Waals surface area contributed by atoms with Crippen LogP contribution in [0.15, 0.2) is 18.2 Å². The normalized spacial score (nSPS) is 11.9. The van der Waals surface area contributed by atoms with Crippen LogP contribution in [0.3, 0.4) is 0 Å². The van der Waals surface area contributed by atoms with Crippen molar-refractivity contribution in [3.05, 3.63) is 33.9 Å². The molecule has 1 unspecified atom stereocenters. The number of likely N-dealkylation sites (N-methyl/N-ethyl adjacent to an activating group) is 1. The number of primary amides is 1. The van der Waals surface area contributed by atoms with Crippen LogP contribution in [-0.2, 0) is 0 Å². The molecule has 1 atom stereocenters. The van der Waals surface area contributed by atoms with Crippen molar-refractivity contribution in [1.29, 1.82) is 0 Å². The summed E-state index contributed by atoms with van der Waals surface area (Å²) < 4.78 is 5.43. The van der Waals surface area contributed by atoms with Crippen LogP contribution in [0.4, 0.5) is 5.69 Å². The molecule has 0 aliphatic rings. The third-order valence-electron chi connectivity index (χ3n) is 2.26. The predicted octanol–water partition coefficient (Wildman–Crippen LogP) is 0.680. The van der Waals surface area contributed by atoms with Crippen LogP contribution in [0.5, 0.6) is 5.75 Å². The van der Waals surface area contributed by atoms with Gasteiger partial charge in [0, 0.05) is 24.2 Å². The van der Waals surface area contributed by atoms with Gasteiger partial charge in [0.15, 0.2) is 5.75 Å². The molecule has 0 saturated carbocycles. The molecule has 1 amide bonds. The average Bonchev–Trinajstić information content (AvgIpc) is 2.28. The minimum Gasteiger partial charge on any atom is -0.482 e. The lowest BCUT2D eigenvalue weighted by atomic mass is 10.2. The largest absolute Gasteiger partial charge is 0.482 e. The van der Waals surface area contributed by atoms with E-state index < -0.39 is 10.8 Å². The van der Waals surface area contributed by atoms with Crippen LogP contribution in [0, 0.1) is 10.1 Å². The summed E-state index contributed by atoms with van der Waals surface area (Å²) in [6.45, 7) is 2.29. The molecule has 0 bridgehead atoms. The first-order chi connectivity index (χ1) is 8.45. The fourth-order valence-electron chi connectivity index (χ4n) is 1.46. The fourth-order valence-corrected chi connectivity index (χ4v) is 1.46. The number of carbonyl (C=O) groups is 1. The Morgan fingerprint density at radius 1 is 1.61 bits per heavy atom. The molecule has 0 aliphatic heterocycles. The maximum atomic E-state index is 11.0. The molecular formula is C11H15N3O4.